The number of aromatic amines is 1. The molecule has 4 rings (SSSR count). The largest absolute Gasteiger partial charge is 0.330 e. The van der Waals surface area contributed by atoms with E-state index in [-0.39, 0.29) is 11.8 Å². The van der Waals surface area contributed by atoms with Crippen molar-refractivity contribution in [3.8, 4) is 11.3 Å². The molecule has 3 aromatic carbocycles. The molecule has 0 saturated heterocycles. The minimum absolute atomic E-state index is 0.0549. The molecule has 0 saturated carbocycles. The Morgan fingerprint density at radius 3 is 2.43 bits per heavy atom. The first-order valence-corrected chi connectivity index (χ1v) is 9.35. The van der Waals surface area contributed by atoms with Crippen LogP contribution in [0.15, 0.2) is 78.9 Å². The summed E-state index contributed by atoms with van der Waals surface area (Å²) < 4.78 is 0. The normalized spacial score (nSPS) is 12.0. The first-order chi connectivity index (χ1) is 13.8. The highest BCUT2D eigenvalue weighted by atomic mass is 16.1. The minimum atomic E-state index is -0.278. The van der Waals surface area contributed by atoms with E-state index < -0.39 is 0 Å². The number of carbonyl (C=O) groups is 1. The molecule has 0 aliphatic heterocycles. The van der Waals surface area contributed by atoms with Crippen LogP contribution in [0.3, 0.4) is 0 Å². The van der Waals surface area contributed by atoms with Crippen LogP contribution >= 0.6 is 0 Å². The molecule has 28 heavy (non-hydrogen) atoms. The Kier molecular flexibility index (Phi) is 5.17. The summed E-state index contributed by atoms with van der Waals surface area (Å²) in [5, 5.41) is 11.5. The number of hydrogen-bond acceptors (Lipinski definition) is 3. The quantitative estimate of drug-likeness (QED) is 0.473. The smallest absolute Gasteiger partial charge is 0.231 e. The van der Waals surface area contributed by atoms with E-state index in [1.807, 2.05) is 78.9 Å². The molecule has 0 bridgehead atoms. The second-order valence-electron chi connectivity index (χ2n) is 6.73. The van der Waals surface area contributed by atoms with Crippen molar-refractivity contribution in [2.24, 2.45) is 5.73 Å². The van der Waals surface area contributed by atoms with Crippen LogP contribution < -0.4 is 11.1 Å². The summed E-state index contributed by atoms with van der Waals surface area (Å²) in [5.74, 6) is -0.333. The number of nitrogens with two attached hydrogens (primary N) is 1. The molecule has 1 amide bonds. The lowest BCUT2D eigenvalue weighted by molar-refractivity contribution is -0.117. The van der Waals surface area contributed by atoms with E-state index in [0.29, 0.717) is 13.0 Å². The van der Waals surface area contributed by atoms with Gasteiger partial charge in [0.15, 0.2) is 0 Å². The summed E-state index contributed by atoms with van der Waals surface area (Å²) in [4.78, 5) is 12.9. The molecule has 0 aliphatic carbocycles. The standard InChI is InChI=1S/C23H22N4O/c24-14-13-19(16-7-3-1-4-8-16)23(28)25-18-11-12-21-20(15-18)22(27-26-21)17-9-5-2-6-10-17/h1-12,15,19H,13-14,24H2,(H,25,28)(H,26,27)/t19-/m1/s1. The van der Waals surface area contributed by atoms with E-state index in [9.17, 15) is 4.79 Å². The van der Waals surface area contributed by atoms with Crippen molar-refractivity contribution in [3.05, 3.63) is 84.4 Å². The molecule has 0 spiro atoms. The van der Waals surface area contributed by atoms with Gasteiger partial charge in [0.1, 0.15) is 0 Å². The summed E-state index contributed by atoms with van der Waals surface area (Å²) in [6, 6.07) is 25.5. The number of rotatable bonds is 6. The zero-order chi connectivity index (χ0) is 19.3. The molecule has 1 atom stereocenters. The van der Waals surface area contributed by atoms with Gasteiger partial charge < -0.3 is 11.1 Å². The number of amides is 1. The number of H-pyrrole nitrogens is 1. The van der Waals surface area contributed by atoms with Crippen LogP contribution in [0.2, 0.25) is 0 Å². The van der Waals surface area contributed by atoms with E-state index in [1.54, 1.807) is 0 Å². The topological polar surface area (TPSA) is 83.8 Å². The van der Waals surface area contributed by atoms with Crippen molar-refractivity contribution in [2.45, 2.75) is 12.3 Å². The Morgan fingerprint density at radius 2 is 1.71 bits per heavy atom. The summed E-state index contributed by atoms with van der Waals surface area (Å²) in [6.07, 6.45) is 0.596. The number of aromatic nitrogens is 2. The monoisotopic (exact) mass is 370 g/mol. The van der Waals surface area contributed by atoms with Crippen LogP contribution in [0.25, 0.3) is 22.2 Å². The molecule has 140 valence electrons. The maximum absolute atomic E-state index is 12.9. The molecular weight excluding hydrogens is 348 g/mol. The fourth-order valence-corrected chi connectivity index (χ4v) is 3.44. The Morgan fingerprint density at radius 1 is 1.00 bits per heavy atom. The lowest BCUT2D eigenvalue weighted by Gasteiger charge is -2.16. The second-order valence-corrected chi connectivity index (χ2v) is 6.73. The first-order valence-electron chi connectivity index (χ1n) is 9.35. The molecular formula is C23H22N4O. The Labute approximate surface area is 163 Å². The molecule has 5 heteroatoms. The first kappa shape index (κ1) is 17.9. The third-order valence-corrected chi connectivity index (χ3v) is 4.85. The molecule has 1 heterocycles. The van der Waals surface area contributed by atoms with Crippen LogP contribution in [-0.4, -0.2) is 22.6 Å². The molecule has 0 radical (unpaired) electrons. The molecule has 0 aliphatic rings. The molecule has 5 nitrogen and oxygen atoms in total. The molecule has 0 fully saturated rings. The summed E-state index contributed by atoms with van der Waals surface area (Å²) in [5.41, 5.74) is 10.3. The number of benzene rings is 3. The third-order valence-electron chi connectivity index (χ3n) is 4.85. The van der Waals surface area contributed by atoms with Crippen molar-refractivity contribution in [2.75, 3.05) is 11.9 Å². The van der Waals surface area contributed by atoms with Gasteiger partial charge in [-0.25, -0.2) is 0 Å². The highest BCUT2D eigenvalue weighted by molar-refractivity contribution is 6.00. The maximum atomic E-state index is 12.9. The second kappa shape index (κ2) is 8.06. The van der Waals surface area contributed by atoms with E-state index in [1.165, 1.54) is 0 Å². The fraction of sp³-hybridized carbons (Fsp3) is 0.130. The van der Waals surface area contributed by atoms with Gasteiger partial charge in [-0.1, -0.05) is 60.7 Å². The molecule has 1 aromatic heterocycles. The van der Waals surface area contributed by atoms with Gasteiger partial charge in [-0.15, -0.1) is 0 Å². The molecule has 4 aromatic rings. The number of nitrogens with zero attached hydrogens (tertiary/aromatic N) is 1. The summed E-state index contributed by atoms with van der Waals surface area (Å²) in [6.45, 7) is 0.450. The van der Waals surface area contributed by atoms with Gasteiger partial charge in [-0.3, -0.25) is 9.89 Å². The number of nitrogens with one attached hydrogen (secondary N) is 2. The average Bonchev–Trinajstić information content (AvgIpc) is 3.16. The Bertz CT molecular complexity index is 1070. The highest BCUT2D eigenvalue weighted by Crippen LogP contribution is 2.29. The number of carbonyl (C=O) groups excluding carboxylic acids is 1. The van der Waals surface area contributed by atoms with Crippen LogP contribution in [0.5, 0.6) is 0 Å². The van der Waals surface area contributed by atoms with Crippen molar-refractivity contribution < 1.29 is 4.79 Å². The summed E-state index contributed by atoms with van der Waals surface area (Å²) >= 11 is 0. The van der Waals surface area contributed by atoms with Crippen LogP contribution in [0.4, 0.5) is 5.69 Å². The number of hydrogen-bond donors (Lipinski definition) is 3. The van der Waals surface area contributed by atoms with Crippen LogP contribution in [0, 0.1) is 0 Å². The van der Waals surface area contributed by atoms with Crippen molar-refractivity contribution in [3.63, 3.8) is 0 Å². The maximum Gasteiger partial charge on any atom is 0.231 e. The predicted octanol–water partition coefficient (Wildman–Crippen LogP) is 4.30. The third kappa shape index (κ3) is 3.66. The van der Waals surface area contributed by atoms with Gasteiger partial charge in [0.2, 0.25) is 5.91 Å². The minimum Gasteiger partial charge on any atom is -0.330 e. The summed E-state index contributed by atoms with van der Waals surface area (Å²) in [7, 11) is 0. The lowest BCUT2D eigenvalue weighted by Crippen LogP contribution is -2.23. The van der Waals surface area contributed by atoms with Crippen molar-refractivity contribution >= 4 is 22.5 Å². The van der Waals surface area contributed by atoms with E-state index in [2.05, 4.69) is 15.5 Å². The van der Waals surface area contributed by atoms with Gasteiger partial charge in [-0.2, -0.15) is 5.10 Å². The lowest BCUT2D eigenvalue weighted by atomic mass is 9.94. The number of fused-ring (bicyclic) bond motifs is 1. The van der Waals surface area contributed by atoms with E-state index in [4.69, 9.17) is 5.73 Å². The van der Waals surface area contributed by atoms with Crippen molar-refractivity contribution in [1.29, 1.82) is 0 Å². The SMILES string of the molecule is NCC[C@@H](C(=O)Nc1ccc2[nH]nc(-c3ccccc3)c2c1)c1ccccc1. The molecule has 4 N–H and O–H groups in total. The van der Waals surface area contributed by atoms with E-state index in [0.717, 1.165) is 33.4 Å². The number of anilines is 1. The van der Waals surface area contributed by atoms with Gasteiger partial charge in [-0.05, 0) is 36.7 Å². The van der Waals surface area contributed by atoms with Gasteiger partial charge in [0, 0.05) is 16.6 Å². The zero-order valence-corrected chi connectivity index (χ0v) is 15.4. The average molecular weight is 370 g/mol. The zero-order valence-electron chi connectivity index (χ0n) is 15.4. The van der Waals surface area contributed by atoms with Crippen LogP contribution in [0.1, 0.15) is 17.9 Å². The molecule has 0 unspecified atom stereocenters. The van der Waals surface area contributed by atoms with Gasteiger partial charge in [0.05, 0.1) is 17.1 Å². The van der Waals surface area contributed by atoms with Crippen molar-refractivity contribution in [1.82, 2.24) is 10.2 Å². The predicted molar refractivity (Wildman–Crippen MR) is 113 cm³/mol. The Balaban J connectivity index is 1.63. The van der Waals surface area contributed by atoms with Gasteiger partial charge >= 0.3 is 0 Å². The Hall–Kier alpha value is -3.44. The van der Waals surface area contributed by atoms with Crippen LogP contribution in [-0.2, 0) is 4.79 Å². The fourth-order valence-electron chi connectivity index (χ4n) is 3.44. The van der Waals surface area contributed by atoms with Gasteiger partial charge in [0.25, 0.3) is 0 Å². The van der Waals surface area contributed by atoms with E-state index >= 15 is 0 Å². The highest BCUT2D eigenvalue weighted by Gasteiger charge is 2.20.